The fourth-order valence-corrected chi connectivity index (χ4v) is 2.27. The maximum absolute atomic E-state index is 13.2. The second kappa shape index (κ2) is 3.87. The van der Waals surface area contributed by atoms with Gasteiger partial charge in [-0.25, -0.2) is 4.39 Å². The van der Waals surface area contributed by atoms with E-state index in [1.54, 1.807) is 6.07 Å². The highest BCUT2D eigenvalue weighted by molar-refractivity contribution is 5.79. The molecule has 1 unspecified atom stereocenters. The molecule has 0 amide bonds. The minimum Gasteiger partial charge on any atom is -0.356 e. The first-order valence-electron chi connectivity index (χ1n) is 5.63. The minimum atomic E-state index is -0.243. The summed E-state index contributed by atoms with van der Waals surface area (Å²) in [6.45, 7) is 0.994. The van der Waals surface area contributed by atoms with Gasteiger partial charge in [-0.15, -0.1) is 0 Å². The van der Waals surface area contributed by atoms with Gasteiger partial charge in [-0.3, -0.25) is 0 Å². The van der Waals surface area contributed by atoms with Crippen molar-refractivity contribution in [1.29, 1.82) is 0 Å². The molecule has 1 N–H and O–H groups in total. The van der Waals surface area contributed by atoms with Gasteiger partial charge in [0.05, 0.1) is 6.04 Å². The normalized spacial score (nSPS) is 21.4. The van der Waals surface area contributed by atoms with Crippen LogP contribution in [0, 0.1) is 5.82 Å². The number of nitrogens with zero attached hydrogens (tertiary/aromatic N) is 1. The van der Waals surface area contributed by atoms with Gasteiger partial charge in [-0.05, 0) is 37.6 Å². The zero-order chi connectivity index (χ0) is 11.0. The summed E-state index contributed by atoms with van der Waals surface area (Å²) in [4.78, 5) is 0. The van der Waals surface area contributed by atoms with Crippen LogP contribution in [-0.4, -0.2) is 11.7 Å². The van der Waals surface area contributed by atoms with E-state index in [9.17, 15) is 4.39 Å². The third kappa shape index (κ3) is 1.59. The van der Waals surface area contributed by atoms with Crippen molar-refractivity contribution in [2.24, 2.45) is 0 Å². The first kappa shape index (κ1) is 9.78. The molecule has 2 aromatic rings. The second-order valence-corrected chi connectivity index (χ2v) is 4.21. The van der Waals surface area contributed by atoms with Gasteiger partial charge in [0.25, 0.3) is 0 Å². The molecule has 3 nitrogen and oxygen atoms in total. The summed E-state index contributed by atoms with van der Waals surface area (Å²) >= 11 is 0. The Morgan fingerprint density at radius 3 is 3.12 bits per heavy atom. The summed E-state index contributed by atoms with van der Waals surface area (Å²) in [6, 6.07) is 4.73. The summed E-state index contributed by atoms with van der Waals surface area (Å²) in [5.41, 5.74) is 1.50. The molecule has 0 aliphatic carbocycles. The van der Waals surface area contributed by atoms with E-state index in [1.807, 2.05) is 0 Å². The van der Waals surface area contributed by atoms with Crippen molar-refractivity contribution in [2.75, 3.05) is 6.54 Å². The van der Waals surface area contributed by atoms with Gasteiger partial charge in [0, 0.05) is 5.39 Å². The van der Waals surface area contributed by atoms with Gasteiger partial charge in [-0.1, -0.05) is 11.6 Å². The molecular formula is C12H13FN2O. The lowest BCUT2D eigenvalue weighted by Crippen LogP contribution is -2.27. The summed E-state index contributed by atoms with van der Waals surface area (Å²) in [7, 11) is 0. The highest BCUT2D eigenvalue weighted by Crippen LogP contribution is 2.29. The van der Waals surface area contributed by atoms with Gasteiger partial charge in [0.1, 0.15) is 11.5 Å². The molecule has 1 aromatic carbocycles. The first-order chi connectivity index (χ1) is 7.84. The predicted molar refractivity (Wildman–Crippen MR) is 58.6 cm³/mol. The fourth-order valence-electron chi connectivity index (χ4n) is 2.27. The number of rotatable bonds is 1. The van der Waals surface area contributed by atoms with E-state index in [2.05, 4.69) is 10.5 Å². The van der Waals surface area contributed by atoms with Crippen LogP contribution in [0.3, 0.4) is 0 Å². The maximum Gasteiger partial charge on any atom is 0.167 e. The van der Waals surface area contributed by atoms with Crippen molar-refractivity contribution >= 4 is 11.0 Å². The summed E-state index contributed by atoms with van der Waals surface area (Å²) < 4.78 is 18.4. The largest absolute Gasteiger partial charge is 0.356 e. The number of halogens is 1. The topological polar surface area (TPSA) is 38.1 Å². The molecule has 3 rings (SSSR count). The number of aromatic nitrogens is 1. The Morgan fingerprint density at radius 2 is 2.31 bits per heavy atom. The Balaban J connectivity index is 2.05. The van der Waals surface area contributed by atoms with E-state index in [0.717, 1.165) is 24.0 Å². The first-order valence-corrected chi connectivity index (χ1v) is 5.63. The molecule has 0 spiro atoms. The monoisotopic (exact) mass is 220 g/mol. The highest BCUT2D eigenvalue weighted by Gasteiger charge is 2.21. The Bertz CT molecular complexity index is 503. The summed E-state index contributed by atoms with van der Waals surface area (Å²) in [5, 5.41) is 8.24. The van der Waals surface area contributed by atoms with Crippen molar-refractivity contribution in [1.82, 2.24) is 10.5 Å². The Labute approximate surface area is 92.6 Å². The SMILES string of the molecule is Fc1ccc2onc(C3CCCCN3)c2c1. The van der Waals surface area contributed by atoms with Gasteiger partial charge in [0.15, 0.2) is 5.58 Å². The second-order valence-electron chi connectivity index (χ2n) is 4.21. The van der Waals surface area contributed by atoms with Crippen LogP contribution in [0.25, 0.3) is 11.0 Å². The summed E-state index contributed by atoms with van der Waals surface area (Å²) in [6.07, 6.45) is 3.42. The zero-order valence-electron chi connectivity index (χ0n) is 8.87. The number of hydrogen-bond acceptors (Lipinski definition) is 3. The van der Waals surface area contributed by atoms with Gasteiger partial charge >= 0.3 is 0 Å². The number of nitrogens with one attached hydrogen (secondary N) is 1. The number of piperidine rings is 1. The lowest BCUT2D eigenvalue weighted by molar-refractivity contribution is 0.375. The van der Waals surface area contributed by atoms with Gasteiger partial charge in [0.2, 0.25) is 0 Å². The van der Waals surface area contributed by atoms with Gasteiger partial charge in [-0.2, -0.15) is 0 Å². The molecule has 1 saturated heterocycles. The van der Waals surface area contributed by atoms with E-state index in [0.29, 0.717) is 5.58 Å². The van der Waals surface area contributed by atoms with Crippen molar-refractivity contribution in [3.8, 4) is 0 Å². The van der Waals surface area contributed by atoms with Crippen LogP contribution in [-0.2, 0) is 0 Å². The minimum absolute atomic E-state index is 0.205. The van der Waals surface area contributed by atoms with Crippen LogP contribution >= 0.6 is 0 Å². The smallest absolute Gasteiger partial charge is 0.167 e. The van der Waals surface area contributed by atoms with Crippen molar-refractivity contribution in [3.05, 3.63) is 29.7 Å². The Morgan fingerprint density at radius 1 is 1.38 bits per heavy atom. The molecule has 0 radical (unpaired) electrons. The van der Waals surface area contributed by atoms with Crippen LogP contribution in [0.4, 0.5) is 4.39 Å². The van der Waals surface area contributed by atoms with Crippen molar-refractivity contribution < 1.29 is 8.91 Å². The quantitative estimate of drug-likeness (QED) is 0.803. The van der Waals surface area contributed by atoms with Crippen LogP contribution in [0.5, 0.6) is 0 Å². The molecule has 4 heteroatoms. The van der Waals surface area contributed by atoms with E-state index in [4.69, 9.17) is 4.52 Å². The van der Waals surface area contributed by atoms with Crippen LogP contribution in [0.1, 0.15) is 31.0 Å². The molecule has 1 aliphatic heterocycles. The van der Waals surface area contributed by atoms with Crippen LogP contribution in [0.15, 0.2) is 22.7 Å². The van der Waals surface area contributed by atoms with Crippen LogP contribution in [0.2, 0.25) is 0 Å². The maximum atomic E-state index is 13.2. The lowest BCUT2D eigenvalue weighted by atomic mass is 10.00. The molecule has 0 saturated carbocycles. The molecular weight excluding hydrogens is 207 g/mol. The third-order valence-corrected chi connectivity index (χ3v) is 3.10. The number of fused-ring (bicyclic) bond motifs is 1. The standard InChI is InChI=1S/C12H13FN2O/c13-8-4-5-11-9(7-8)12(15-16-11)10-3-1-2-6-14-10/h4-5,7,10,14H,1-3,6H2. The van der Waals surface area contributed by atoms with Crippen molar-refractivity contribution in [3.63, 3.8) is 0 Å². The van der Waals surface area contributed by atoms with Crippen molar-refractivity contribution in [2.45, 2.75) is 25.3 Å². The molecule has 0 bridgehead atoms. The van der Waals surface area contributed by atoms with Crippen LogP contribution < -0.4 is 5.32 Å². The third-order valence-electron chi connectivity index (χ3n) is 3.10. The predicted octanol–water partition coefficient (Wildman–Crippen LogP) is 2.78. The molecule has 1 aliphatic rings. The number of benzene rings is 1. The van der Waals surface area contributed by atoms with E-state index in [-0.39, 0.29) is 11.9 Å². The highest BCUT2D eigenvalue weighted by atomic mass is 19.1. The fraction of sp³-hybridized carbons (Fsp3) is 0.417. The van der Waals surface area contributed by atoms with E-state index >= 15 is 0 Å². The van der Waals surface area contributed by atoms with E-state index < -0.39 is 0 Å². The number of hydrogen-bond donors (Lipinski definition) is 1. The summed E-state index contributed by atoms with van der Waals surface area (Å²) in [5.74, 6) is -0.243. The molecule has 16 heavy (non-hydrogen) atoms. The average Bonchev–Trinajstić information content (AvgIpc) is 2.73. The molecule has 1 atom stereocenters. The molecule has 1 aromatic heterocycles. The van der Waals surface area contributed by atoms with E-state index in [1.165, 1.54) is 25.0 Å². The Kier molecular flexibility index (Phi) is 2.36. The van der Waals surface area contributed by atoms with Gasteiger partial charge < -0.3 is 9.84 Å². The molecule has 1 fully saturated rings. The molecule has 2 heterocycles. The zero-order valence-corrected chi connectivity index (χ0v) is 8.87. The Hall–Kier alpha value is -1.42. The molecule has 84 valence electrons. The average molecular weight is 220 g/mol. The lowest BCUT2D eigenvalue weighted by Gasteiger charge is -2.21.